The normalized spacial score (nSPS) is 11.6. The van der Waals surface area contributed by atoms with E-state index in [-0.39, 0.29) is 11.7 Å². The van der Waals surface area contributed by atoms with Crippen molar-refractivity contribution >= 4 is 16.6 Å². The van der Waals surface area contributed by atoms with E-state index in [0.717, 1.165) is 6.47 Å². The monoisotopic (exact) mass is 195 g/mol. The second-order valence-corrected chi connectivity index (χ2v) is 4.27. The first kappa shape index (κ1) is 11.4. The van der Waals surface area contributed by atoms with Gasteiger partial charge in [-0.15, -0.1) is 0 Å². The van der Waals surface area contributed by atoms with E-state index in [1.54, 1.807) is 13.8 Å². The summed E-state index contributed by atoms with van der Waals surface area (Å²) < 4.78 is 30.0. The quantitative estimate of drug-likeness (QED) is 0.340. The molecule has 0 fully saturated rings. The molecule has 0 unspecified atom stereocenters. The number of hydrogen-bond donors (Lipinski definition) is 0. The Labute approximate surface area is 71.8 Å². The van der Waals surface area contributed by atoms with Crippen molar-refractivity contribution in [2.75, 3.05) is 12.5 Å². The summed E-state index contributed by atoms with van der Waals surface area (Å²) in [4.78, 5) is 9.49. The van der Waals surface area contributed by atoms with Gasteiger partial charge in [0.05, 0.1) is 5.75 Å². The molecule has 5 nitrogen and oxygen atoms in total. The molecule has 0 aromatic rings. The third kappa shape index (κ3) is 6.11. The van der Waals surface area contributed by atoms with E-state index in [1.807, 2.05) is 0 Å². The molecule has 0 aromatic carbocycles. The van der Waals surface area contributed by atoms with Gasteiger partial charge in [-0.3, -0.25) is 0 Å². The van der Waals surface area contributed by atoms with Crippen LogP contribution in [0.1, 0.15) is 13.8 Å². The fraction of sp³-hybridized carbons (Fsp3) is 0.833. The molecule has 0 saturated heterocycles. The Hall–Kier alpha value is -0.620. The fourth-order valence-electron chi connectivity index (χ4n) is 0.578. The zero-order chi connectivity index (χ0) is 9.61. The zero-order valence-electron chi connectivity index (χ0n) is 6.94. The molecule has 0 rings (SSSR count). The van der Waals surface area contributed by atoms with Crippen LogP contribution in [0.4, 0.5) is 0 Å². The molecular weight excluding hydrogens is 184 g/mol. The Morgan fingerprint density at radius 1 is 1.42 bits per heavy atom. The summed E-state index contributed by atoms with van der Waals surface area (Å²) >= 11 is 0. The van der Waals surface area contributed by atoms with E-state index in [4.69, 9.17) is 0 Å². The summed E-state index contributed by atoms with van der Waals surface area (Å²) in [6.07, 6.45) is 0. The average Bonchev–Trinajstić information content (AvgIpc) is 1.84. The van der Waals surface area contributed by atoms with Gasteiger partial charge in [0, 0.05) is 0 Å². The highest BCUT2D eigenvalue weighted by Crippen LogP contribution is 2.01. The standard InChI is InChI=1S/C6H11O5S/c1-6(2)3-12(8,9)11-5-10-4-7/h6H,3,5H2,1-2H3. The van der Waals surface area contributed by atoms with Crippen LogP contribution in [0.2, 0.25) is 0 Å². The van der Waals surface area contributed by atoms with Crippen LogP contribution in [0.3, 0.4) is 0 Å². The summed E-state index contributed by atoms with van der Waals surface area (Å²) in [6.45, 7) is 3.94. The molecule has 71 valence electrons. The number of ether oxygens (including phenoxy) is 1. The number of carbonyl (C=O) groups excluding carboxylic acids is 1. The summed E-state index contributed by atoms with van der Waals surface area (Å²) in [7, 11) is -3.56. The lowest BCUT2D eigenvalue weighted by Gasteiger charge is -2.05. The molecule has 12 heavy (non-hydrogen) atoms. The third-order valence-electron chi connectivity index (χ3n) is 0.883. The lowest BCUT2D eigenvalue weighted by atomic mass is 10.3. The maximum atomic E-state index is 10.9. The van der Waals surface area contributed by atoms with E-state index in [9.17, 15) is 13.2 Å². The van der Waals surface area contributed by atoms with Crippen molar-refractivity contribution in [2.24, 2.45) is 5.92 Å². The molecule has 6 heteroatoms. The smallest absolute Gasteiger partial charge is 0.419 e. The van der Waals surface area contributed by atoms with E-state index in [1.165, 1.54) is 0 Å². The maximum Gasteiger partial charge on any atom is 0.419 e. The minimum absolute atomic E-state index is 0.0183. The first-order valence-electron chi connectivity index (χ1n) is 3.34. The van der Waals surface area contributed by atoms with E-state index >= 15 is 0 Å². The van der Waals surface area contributed by atoms with Crippen LogP contribution in [0.25, 0.3) is 0 Å². The van der Waals surface area contributed by atoms with Gasteiger partial charge in [-0.2, -0.15) is 8.42 Å². The number of rotatable bonds is 6. The summed E-state index contributed by atoms with van der Waals surface area (Å²) in [5.41, 5.74) is 0. The van der Waals surface area contributed by atoms with Crippen LogP contribution in [0.15, 0.2) is 0 Å². The lowest BCUT2D eigenvalue weighted by molar-refractivity contribution is 0.110. The van der Waals surface area contributed by atoms with E-state index in [0.29, 0.717) is 0 Å². The van der Waals surface area contributed by atoms with Crippen LogP contribution in [0, 0.1) is 5.92 Å². The van der Waals surface area contributed by atoms with E-state index in [2.05, 4.69) is 8.92 Å². The summed E-state index contributed by atoms with van der Waals surface area (Å²) in [5, 5.41) is 0. The average molecular weight is 195 g/mol. The third-order valence-corrected chi connectivity index (χ3v) is 2.41. The van der Waals surface area contributed by atoms with Gasteiger partial charge in [0.15, 0.2) is 0 Å². The van der Waals surface area contributed by atoms with Crippen molar-refractivity contribution in [1.29, 1.82) is 0 Å². The summed E-state index contributed by atoms with van der Waals surface area (Å²) in [6, 6.07) is 0. The molecule has 0 heterocycles. The Kier molecular flexibility index (Phi) is 4.84. The largest absolute Gasteiger partial charge is 0.429 e. The maximum absolute atomic E-state index is 10.9. The zero-order valence-corrected chi connectivity index (χ0v) is 7.76. The van der Waals surface area contributed by atoms with Crippen molar-refractivity contribution in [3.8, 4) is 0 Å². The number of hydrogen-bond acceptors (Lipinski definition) is 5. The van der Waals surface area contributed by atoms with E-state index < -0.39 is 16.9 Å². The second kappa shape index (κ2) is 5.10. The second-order valence-electron chi connectivity index (χ2n) is 2.58. The van der Waals surface area contributed by atoms with Gasteiger partial charge >= 0.3 is 6.47 Å². The molecule has 0 atom stereocenters. The Morgan fingerprint density at radius 3 is 2.42 bits per heavy atom. The molecule has 0 bridgehead atoms. The Morgan fingerprint density at radius 2 is 2.00 bits per heavy atom. The van der Waals surface area contributed by atoms with Gasteiger partial charge in [-0.05, 0) is 5.92 Å². The van der Waals surface area contributed by atoms with Crippen molar-refractivity contribution in [3.63, 3.8) is 0 Å². The molecule has 0 aliphatic heterocycles. The molecule has 0 aliphatic carbocycles. The van der Waals surface area contributed by atoms with Gasteiger partial charge in [0.1, 0.15) is 0 Å². The lowest BCUT2D eigenvalue weighted by Crippen LogP contribution is -2.16. The van der Waals surface area contributed by atoms with Crippen LogP contribution in [-0.2, 0) is 23.8 Å². The molecule has 1 radical (unpaired) electrons. The van der Waals surface area contributed by atoms with Gasteiger partial charge < -0.3 is 4.74 Å². The predicted molar refractivity (Wildman–Crippen MR) is 41.4 cm³/mol. The van der Waals surface area contributed by atoms with Crippen molar-refractivity contribution < 1.29 is 22.1 Å². The SMILES string of the molecule is CC(C)CS(=O)(=O)OCO[C]=O. The van der Waals surface area contributed by atoms with Crippen LogP contribution in [0.5, 0.6) is 0 Å². The van der Waals surface area contributed by atoms with Crippen LogP contribution < -0.4 is 0 Å². The first-order valence-corrected chi connectivity index (χ1v) is 4.91. The van der Waals surface area contributed by atoms with Gasteiger partial charge in [0.25, 0.3) is 10.1 Å². The highest BCUT2D eigenvalue weighted by atomic mass is 32.2. The molecule has 0 aliphatic rings. The molecule has 0 saturated carbocycles. The molecule has 0 spiro atoms. The highest BCUT2D eigenvalue weighted by molar-refractivity contribution is 7.86. The molecule has 0 N–H and O–H groups in total. The minimum atomic E-state index is -3.56. The Balaban J connectivity index is 3.80. The fourth-order valence-corrected chi connectivity index (χ4v) is 1.69. The molecule has 0 aromatic heterocycles. The van der Waals surface area contributed by atoms with Crippen LogP contribution >= 0.6 is 0 Å². The van der Waals surface area contributed by atoms with Crippen molar-refractivity contribution in [3.05, 3.63) is 0 Å². The van der Waals surface area contributed by atoms with Crippen molar-refractivity contribution in [2.45, 2.75) is 13.8 Å². The van der Waals surface area contributed by atoms with Gasteiger partial charge in [0.2, 0.25) is 6.79 Å². The topological polar surface area (TPSA) is 69.7 Å². The Bertz CT molecular complexity index is 218. The molecular formula is C6H11O5S. The van der Waals surface area contributed by atoms with Gasteiger partial charge in [-0.1, -0.05) is 13.8 Å². The first-order chi connectivity index (χ1) is 5.48. The molecule has 0 amide bonds. The van der Waals surface area contributed by atoms with Gasteiger partial charge in [-0.25, -0.2) is 8.98 Å². The minimum Gasteiger partial charge on any atom is -0.429 e. The predicted octanol–water partition coefficient (Wildman–Crippen LogP) is 0.0301. The summed E-state index contributed by atoms with van der Waals surface area (Å²) in [5.74, 6) is -0.106. The highest BCUT2D eigenvalue weighted by Gasteiger charge is 2.13. The van der Waals surface area contributed by atoms with Crippen LogP contribution in [-0.4, -0.2) is 27.4 Å². The van der Waals surface area contributed by atoms with Crippen molar-refractivity contribution in [1.82, 2.24) is 0 Å².